The summed E-state index contributed by atoms with van der Waals surface area (Å²) in [4.78, 5) is 8.97. The molecule has 0 aliphatic carbocycles. The predicted molar refractivity (Wildman–Crippen MR) is 87.6 cm³/mol. The van der Waals surface area contributed by atoms with E-state index in [-0.39, 0.29) is 0 Å². The van der Waals surface area contributed by atoms with Crippen molar-refractivity contribution >= 4 is 0 Å². The molecule has 0 bridgehead atoms. The van der Waals surface area contributed by atoms with Gasteiger partial charge in [0.15, 0.2) is 0 Å². The molecule has 1 saturated heterocycles. The van der Waals surface area contributed by atoms with Crippen molar-refractivity contribution in [3.63, 3.8) is 0 Å². The molecule has 0 radical (unpaired) electrons. The Morgan fingerprint density at radius 1 is 1.35 bits per heavy atom. The lowest BCUT2D eigenvalue weighted by atomic mass is 10.1. The molecule has 0 N–H and O–H groups in total. The summed E-state index contributed by atoms with van der Waals surface area (Å²) in [6, 6.07) is 4.13. The third-order valence-electron chi connectivity index (χ3n) is 4.29. The summed E-state index contributed by atoms with van der Waals surface area (Å²) in [5.41, 5.74) is 1.27. The third-order valence-corrected chi connectivity index (χ3v) is 4.29. The van der Waals surface area contributed by atoms with Gasteiger partial charge in [-0.25, -0.2) is 0 Å². The van der Waals surface area contributed by atoms with Gasteiger partial charge in [-0.1, -0.05) is 13.0 Å². The molecule has 2 aromatic heterocycles. The molecular weight excluding hydrogens is 290 g/mol. The van der Waals surface area contributed by atoms with E-state index in [0.29, 0.717) is 5.92 Å². The van der Waals surface area contributed by atoms with Crippen molar-refractivity contribution in [3.8, 4) is 0 Å². The van der Waals surface area contributed by atoms with Crippen molar-refractivity contribution in [1.29, 1.82) is 0 Å². The van der Waals surface area contributed by atoms with E-state index in [4.69, 9.17) is 4.42 Å². The van der Waals surface area contributed by atoms with E-state index in [1.807, 2.05) is 25.4 Å². The van der Waals surface area contributed by atoms with Crippen LogP contribution in [0.1, 0.15) is 30.7 Å². The Hall–Kier alpha value is -1.79. The van der Waals surface area contributed by atoms with Crippen molar-refractivity contribution in [2.45, 2.75) is 32.9 Å². The van der Waals surface area contributed by atoms with Crippen molar-refractivity contribution in [3.05, 3.63) is 41.9 Å². The number of aromatic nitrogens is 3. The quantitative estimate of drug-likeness (QED) is 0.779. The summed E-state index contributed by atoms with van der Waals surface area (Å²) in [6.45, 7) is 7.07. The molecular formula is C17H25N5O. The second-order valence-electron chi connectivity index (χ2n) is 6.39. The number of hydrogen-bond acceptors (Lipinski definition) is 6. The fourth-order valence-corrected chi connectivity index (χ4v) is 3.20. The van der Waals surface area contributed by atoms with E-state index in [0.717, 1.165) is 50.9 Å². The van der Waals surface area contributed by atoms with Crippen LogP contribution >= 0.6 is 0 Å². The molecule has 0 unspecified atom stereocenters. The minimum Gasteiger partial charge on any atom is -0.424 e. The highest BCUT2D eigenvalue weighted by molar-refractivity contribution is 5.07. The first kappa shape index (κ1) is 16.1. The Labute approximate surface area is 137 Å². The van der Waals surface area contributed by atoms with Crippen molar-refractivity contribution < 1.29 is 4.42 Å². The Bertz CT molecular complexity index is 600. The lowest BCUT2D eigenvalue weighted by molar-refractivity contribution is 0.243. The lowest BCUT2D eigenvalue weighted by Crippen LogP contribution is -2.28. The van der Waals surface area contributed by atoms with Crippen LogP contribution in [0.5, 0.6) is 0 Å². The van der Waals surface area contributed by atoms with Crippen LogP contribution in [0.15, 0.2) is 28.9 Å². The van der Waals surface area contributed by atoms with Crippen LogP contribution in [-0.2, 0) is 19.5 Å². The third kappa shape index (κ3) is 4.59. The van der Waals surface area contributed by atoms with Gasteiger partial charge in [0, 0.05) is 38.4 Å². The Morgan fingerprint density at radius 2 is 2.22 bits per heavy atom. The molecule has 1 aliphatic rings. The topological polar surface area (TPSA) is 58.3 Å². The van der Waals surface area contributed by atoms with Gasteiger partial charge in [-0.15, -0.1) is 10.2 Å². The second kappa shape index (κ2) is 7.66. The van der Waals surface area contributed by atoms with Crippen LogP contribution in [0.4, 0.5) is 0 Å². The number of pyridine rings is 1. The number of likely N-dealkylation sites (tertiary alicyclic amines) is 1. The molecule has 1 atom stereocenters. The highest BCUT2D eigenvalue weighted by atomic mass is 16.4. The minimum absolute atomic E-state index is 0.699. The normalized spacial score (nSPS) is 18.8. The number of rotatable bonds is 7. The van der Waals surface area contributed by atoms with Crippen LogP contribution in [0.3, 0.4) is 0 Å². The molecule has 6 heteroatoms. The molecule has 1 fully saturated rings. The second-order valence-corrected chi connectivity index (χ2v) is 6.39. The molecule has 124 valence electrons. The minimum atomic E-state index is 0.699. The van der Waals surface area contributed by atoms with E-state index in [1.165, 1.54) is 12.0 Å². The smallest absolute Gasteiger partial charge is 0.230 e. The first-order chi connectivity index (χ1) is 11.2. The van der Waals surface area contributed by atoms with Crippen LogP contribution in [-0.4, -0.2) is 51.7 Å². The Balaban J connectivity index is 1.44. The maximum Gasteiger partial charge on any atom is 0.230 e. The molecule has 3 heterocycles. The first-order valence-electron chi connectivity index (χ1n) is 8.34. The van der Waals surface area contributed by atoms with Gasteiger partial charge in [-0.05, 0) is 37.6 Å². The molecule has 23 heavy (non-hydrogen) atoms. The summed E-state index contributed by atoms with van der Waals surface area (Å²) in [5.74, 6) is 2.17. The summed E-state index contributed by atoms with van der Waals surface area (Å²) < 4.78 is 5.61. The molecule has 1 aliphatic heterocycles. The molecule has 0 saturated carbocycles. The highest BCUT2D eigenvalue weighted by Crippen LogP contribution is 2.19. The van der Waals surface area contributed by atoms with Crippen LogP contribution in [0.2, 0.25) is 0 Å². The van der Waals surface area contributed by atoms with Gasteiger partial charge in [0.1, 0.15) is 0 Å². The van der Waals surface area contributed by atoms with Gasteiger partial charge in [0.25, 0.3) is 0 Å². The monoisotopic (exact) mass is 315 g/mol. The molecule has 3 rings (SSSR count). The SMILES string of the molecule is CCc1nnc(CN2CC[C@@H](CN(C)Cc3cccnc3)C2)o1. The summed E-state index contributed by atoms with van der Waals surface area (Å²) >= 11 is 0. The first-order valence-corrected chi connectivity index (χ1v) is 8.34. The highest BCUT2D eigenvalue weighted by Gasteiger charge is 2.24. The maximum absolute atomic E-state index is 5.61. The zero-order chi connectivity index (χ0) is 16.1. The van der Waals surface area contributed by atoms with Gasteiger partial charge in [0.05, 0.1) is 6.54 Å². The summed E-state index contributed by atoms with van der Waals surface area (Å²) in [6.07, 6.45) is 5.79. The van der Waals surface area contributed by atoms with Gasteiger partial charge >= 0.3 is 0 Å². The van der Waals surface area contributed by atoms with Crippen LogP contribution in [0.25, 0.3) is 0 Å². The van der Waals surface area contributed by atoms with Crippen LogP contribution < -0.4 is 0 Å². The van der Waals surface area contributed by atoms with Gasteiger partial charge in [0.2, 0.25) is 11.8 Å². The standard InChI is InChI=1S/C17H25N5O/c1-3-16-19-20-17(23-16)13-22-8-6-15(12-22)11-21(2)10-14-5-4-7-18-9-14/h4-5,7,9,15H,3,6,8,10-13H2,1-2H3/t15-/m0/s1. The molecule has 0 spiro atoms. The van der Waals surface area contributed by atoms with Crippen molar-refractivity contribution in [1.82, 2.24) is 25.0 Å². The van der Waals surface area contributed by atoms with Gasteiger partial charge < -0.3 is 9.32 Å². The lowest BCUT2D eigenvalue weighted by Gasteiger charge is -2.21. The van der Waals surface area contributed by atoms with E-state index >= 15 is 0 Å². The average molecular weight is 315 g/mol. The van der Waals surface area contributed by atoms with E-state index < -0.39 is 0 Å². The van der Waals surface area contributed by atoms with Crippen molar-refractivity contribution in [2.24, 2.45) is 5.92 Å². The zero-order valence-electron chi connectivity index (χ0n) is 14.0. The number of aryl methyl sites for hydroxylation is 1. The largest absolute Gasteiger partial charge is 0.424 e. The zero-order valence-corrected chi connectivity index (χ0v) is 14.0. The van der Waals surface area contributed by atoms with Gasteiger partial charge in [-0.3, -0.25) is 9.88 Å². The molecule has 6 nitrogen and oxygen atoms in total. The summed E-state index contributed by atoms with van der Waals surface area (Å²) in [7, 11) is 2.18. The van der Waals surface area contributed by atoms with E-state index in [2.05, 4.69) is 38.1 Å². The van der Waals surface area contributed by atoms with Gasteiger partial charge in [-0.2, -0.15) is 0 Å². The Morgan fingerprint density at radius 3 is 2.96 bits per heavy atom. The Kier molecular flexibility index (Phi) is 5.35. The molecule has 0 aromatic carbocycles. The predicted octanol–water partition coefficient (Wildman–Crippen LogP) is 1.98. The fraction of sp³-hybridized carbons (Fsp3) is 0.588. The maximum atomic E-state index is 5.61. The molecule has 2 aromatic rings. The van der Waals surface area contributed by atoms with Crippen molar-refractivity contribution in [2.75, 3.05) is 26.7 Å². The average Bonchev–Trinajstić information content (AvgIpc) is 3.18. The number of hydrogen-bond donors (Lipinski definition) is 0. The van der Waals surface area contributed by atoms with Crippen LogP contribution in [0, 0.1) is 5.92 Å². The van der Waals surface area contributed by atoms with E-state index in [9.17, 15) is 0 Å². The summed E-state index contributed by atoms with van der Waals surface area (Å²) in [5, 5.41) is 8.15. The molecule has 0 amide bonds. The van der Waals surface area contributed by atoms with E-state index in [1.54, 1.807) is 0 Å². The fourth-order valence-electron chi connectivity index (χ4n) is 3.20. The number of nitrogens with zero attached hydrogens (tertiary/aromatic N) is 5.